The predicted octanol–water partition coefficient (Wildman–Crippen LogP) is 2.49. The van der Waals surface area contributed by atoms with Crippen molar-refractivity contribution >= 4 is 55.7 Å². The lowest BCUT2D eigenvalue weighted by molar-refractivity contribution is 0.0730. The molecule has 0 saturated carbocycles. The fourth-order valence-electron chi connectivity index (χ4n) is 3.65. The highest BCUT2D eigenvalue weighted by atomic mass is 35.5. The quantitative estimate of drug-likeness (QED) is 0.370. The number of morpholine rings is 2. The Morgan fingerprint density at radius 1 is 0.667 bits per heavy atom. The topological polar surface area (TPSA) is 118 Å². The summed E-state index contributed by atoms with van der Waals surface area (Å²) in [7, 11) is -7.56. The summed E-state index contributed by atoms with van der Waals surface area (Å²) < 4.78 is 65.0. The molecular formula is C22H24Cl2N4O6S2. The SMILES string of the molecule is O=S(=O)(c1cc(/C=N\N=C/c2ccc(Cl)c(S(=O)(=O)N3CCOCC3)c2)ccc1Cl)N1CCOCC1. The average molecular weight is 575 g/mol. The zero-order valence-corrected chi connectivity index (χ0v) is 22.2. The largest absolute Gasteiger partial charge is 0.379 e. The van der Waals surface area contributed by atoms with E-state index in [-0.39, 0.29) is 46.0 Å². The van der Waals surface area contributed by atoms with Gasteiger partial charge >= 0.3 is 0 Å². The summed E-state index contributed by atoms with van der Waals surface area (Å²) in [5, 5.41) is 8.16. The molecule has 36 heavy (non-hydrogen) atoms. The fraction of sp³-hybridized carbons (Fsp3) is 0.364. The van der Waals surface area contributed by atoms with E-state index >= 15 is 0 Å². The number of hydrogen-bond donors (Lipinski definition) is 0. The van der Waals surface area contributed by atoms with E-state index in [4.69, 9.17) is 32.7 Å². The summed E-state index contributed by atoms with van der Waals surface area (Å²) in [6.45, 7) is 2.33. The number of nitrogens with zero attached hydrogens (tertiary/aromatic N) is 4. The summed E-state index contributed by atoms with van der Waals surface area (Å²) in [6, 6.07) is 9.08. The number of benzene rings is 2. The Balaban J connectivity index is 1.51. The standard InChI is InChI=1S/C22H24Cl2N4O6S2/c23-19-3-1-17(13-21(19)35(29,30)27-5-9-33-10-6-27)15-25-26-16-18-2-4-20(24)22(14-18)36(31,32)28-7-11-34-12-8-28/h1-4,13-16H,5-12H2/b25-15-,26-16-. The van der Waals surface area contributed by atoms with Crippen LogP contribution in [-0.4, -0.2) is 90.5 Å². The molecule has 0 aromatic heterocycles. The summed E-state index contributed by atoms with van der Waals surface area (Å²) in [6.07, 6.45) is 2.76. The second-order valence-corrected chi connectivity index (χ2v) is 12.5. The lowest BCUT2D eigenvalue weighted by atomic mass is 10.2. The predicted molar refractivity (Wildman–Crippen MR) is 137 cm³/mol. The maximum absolute atomic E-state index is 13.0. The van der Waals surface area contributed by atoms with Gasteiger partial charge in [0.05, 0.1) is 48.9 Å². The van der Waals surface area contributed by atoms with Gasteiger partial charge in [-0.2, -0.15) is 18.8 Å². The van der Waals surface area contributed by atoms with Crippen LogP contribution < -0.4 is 0 Å². The molecule has 14 heteroatoms. The van der Waals surface area contributed by atoms with Crippen LogP contribution in [0.5, 0.6) is 0 Å². The molecule has 0 N–H and O–H groups in total. The van der Waals surface area contributed by atoms with E-state index in [2.05, 4.69) is 10.2 Å². The highest BCUT2D eigenvalue weighted by molar-refractivity contribution is 7.89. The second-order valence-electron chi connectivity index (χ2n) is 7.90. The van der Waals surface area contributed by atoms with Crippen molar-refractivity contribution < 1.29 is 26.3 Å². The van der Waals surface area contributed by atoms with E-state index in [1.54, 1.807) is 12.1 Å². The van der Waals surface area contributed by atoms with Gasteiger partial charge in [0.15, 0.2) is 0 Å². The van der Waals surface area contributed by atoms with Gasteiger partial charge in [-0.05, 0) is 35.4 Å². The van der Waals surface area contributed by atoms with Crippen LogP contribution in [-0.2, 0) is 29.5 Å². The maximum atomic E-state index is 13.0. The molecular weight excluding hydrogens is 551 g/mol. The Hall–Kier alpha value is -1.90. The van der Waals surface area contributed by atoms with Crippen molar-refractivity contribution in [3.63, 3.8) is 0 Å². The van der Waals surface area contributed by atoms with E-state index in [0.29, 0.717) is 37.6 Å². The molecule has 0 radical (unpaired) electrons. The van der Waals surface area contributed by atoms with Crippen molar-refractivity contribution in [3.05, 3.63) is 57.6 Å². The zero-order chi connectivity index (χ0) is 25.8. The monoisotopic (exact) mass is 574 g/mol. The van der Waals surface area contributed by atoms with Gasteiger partial charge in [-0.3, -0.25) is 0 Å². The van der Waals surface area contributed by atoms with Crippen LogP contribution in [0.3, 0.4) is 0 Å². The van der Waals surface area contributed by atoms with E-state index < -0.39 is 20.0 Å². The lowest BCUT2D eigenvalue weighted by Crippen LogP contribution is -2.40. The lowest BCUT2D eigenvalue weighted by Gasteiger charge is -2.26. The molecule has 2 aromatic rings. The van der Waals surface area contributed by atoms with Gasteiger partial charge in [-0.1, -0.05) is 35.3 Å². The number of rotatable bonds is 7. The third kappa shape index (κ3) is 6.14. The van der Waals surface area contributed by atoms with E-state index in [1.165, 1.54) is 45.3 Å². The molecule has 2 saturated heterocycles. The van der Waals surface area contributed by atoms with Crippen LogP contribution in [0.4, 0.5) is 0 Å². The molecule has 2 aliphatic heterocycles. The van der Waals surface area contributed by atoms with Crippen LogP contribution in [0.2, 0.25) is 10.0 Å². The first-order valence-electron chi connectivity index (χ1n) is 11.0. The molecule has 2 fully saturated rings. The molecule has 194 valence electrons. The van der Waals surface area contributed by atoms with E-state index in [9.17, 15) is 16.8 Å². The minimum absolute atomic E-state index is 0.0188. The maximum Gasteiger partial charge on any atom is 0.244 e. The third-order valence-electron chi connectivity index (χ3n) is 5.57. The van der Waals surface area contributed by atoms with Crippen LogP contribution in [0, 0.1) is 0 Å². The van der Waals surface area contributed by atoms with Crippen LogP contribution in [0.15, 0.2) is 56.4 Å². The molecule has 0 atom stereocenters. The van der Waals surface area contributed by atoms with Gasteiger partial charge in [0.25, 0.3) is 0 Å². The minimum atomic E-state index is -3.78. The first-order chi connectivity index (χ1) is 17.2. The molecule has 10 nitrogen and oxygen atoms in total. The van der Waals surface area contributed by atoms with Gasteiger partial charge in [0.1, 0.15) is 9.79 Å². The van der Waals surface area contributed by atoms with Crippen molar-refractivity contribution in [2.24, 2.45) is 10.2 Å². The first kappa shape index (κ1) is 27.1. The molecule has 0 amide bonds. The summed E-state index contributed by atoms with van der Waals surface area (Å²) in [5.74, 6) is 0. The van der Waals surface area contributed by atoms with E-state index in [0.717, 1.165) is 0 Å². The molecule has 2 heterocycles. The van der Waals surface area contributed by atoms with Crippen molar-refractivity contribution in [1.29, 1.82) is 0 Å². The van der Waals surface area contributed by atoms with Crippen molar-refractivity contribution in [1.82, 2.24) is 8.61 Å². The molecule has 0 unspecified atom stereocenters. The average Bonchev–Trinajstić information content (AvgIpc) is 2.89. The Kier molecular flexibility index (Phi) is 8.79. The number of sulfonamides is 2. The van der Waals surface area contributed by atoms with Gasteiger partial charge in [-0.15, -0.1) is 0 Å². The molecule has 0 aliphatic carbocycles. The van der Waals surface area contributed by atoms with Crippen LogP contribution in [0.1, 0.15) is 11.1 Å². The Bertz CT molecular complexity index is 1270. The minimum Gasteiger partial charge on any atom is -0.379 e. The Labute approximate surface area is 220 Å². The van der Waals surface area contributed by atoms with Crippen LogP contribution in [0.25, 0.3) is 0 Å². The summed E-state index contributed by atoms with van der Waals surface area (Å²) in [5.41, 5.74) is 0.963. The molecule has 0 spiro atoms. The highest BCUT2D eigenvalue weighted by Crippen LogP contribution is 2.27. The summed E-state index contributed by atoms with van der Waals surface area (Å²) in [4.78, 5) is -0.0377. The normalized spacial score (nSPS) is 18.8. The number of ether oxygens (including phenoxy) is 2. The van der Waals surface area contributed by atoms with Crippen LogP contribution >= 0.6 is 23.2 Å². The number of hydrogen-bond acceptors (Lipinski definition) is 8. The number of halogens is 2. The molecule has 4 rings (SSSR count). The van der Waals surface area contributed by atoms with Gasteiger partial charge < -0.3 is 9.47 Å². The molecule has 2 aliphatic rings. The Morgan fingerprint density at radius 2 is 1.03 bits per heavy atom. The third-order valence-corrected chi connectivity index (χ3v) is 10.3. The zero-order valence-electron chi connectivity index (χ0n) is 19.1. The van der Waals surface area contributed by atoms with Crippen molar-refractivity contribution in [3.8, 4) is 0 Å². The fourth-order valence-corrected chi connectivity index (χ4v) is 7.48. The smallest absolute Gasteiger partial charge is 0.244 e. The summed E-state index contributed by atoms with van der Waals surface area (Å²) >= 11 is 12.4. The molecule has 2 aromatic carbocycles. The molecule has 0 bridgehead atoms. The first-order valence-corrected chi connectivity index (χ1v) is 14.6. The van der Waals surface area contributed by atoms with E-state index in [1.807, 2.05) is 0 Å². The van der Waals surface area contributed by atoms with Gasteiger partial charge in [-0.25, -0.2) is 16.8 Å². The Morgan fingerprint density at radius 3 is 1.39 bits per heavy atom. The van der Waals surface area contributed by atoms with Gasteiger partial charge in [0.2, 0.25) is 20.0 Å². The van der Waals surface area contributed by atoms with Crippen molar-refractivity contribution in [2.75, 3.05) is 52.6 Å². The van der Waals surface area contributed by atoms with Crippen molar-refractivity contribution in [2.45, 2.75) is 9.79 Å². The highest BCUT2D eigenvalue weighted by Gasteiger charge is 2.29. The second kappa shape index (κ2) is 11.7. The van der Waals surface area contributed by atoms with Gasteiger partial charge in [0, 0.05) is 26.2 Å².